The Hall–Kier alpha value is -3.50. The van der Waals surface area contributed by atoms with E-state index >= 15 is 0 Å². The van der Waals surface area contributed by atoms with Crippen LogP contribution in [0.5, 0.6) is 0 Å². The smallest absolute Gasteiger partial charge is 0.0999 e. The molecule has 130 valence electrons. The maximum atomic E-state index is 9.31. The highest BCUT2D eigenvalue weighted by molar-refractivity contribution is 5.83. The molecule has 0 aromatic heterocycles. The fourth-order valence-electron chi connectivity index (χ4n) is 2.54. The summed E-state index contributed by atoms with van der Waals surface area (Å²) in [4.78, 5) is 4.07. The van der Waals surface area contributed by atoms with Gasteiger partial charge in [0.05, 0.1) is 17.7 Å². The maximum Gasteiger partial charge on any atom is 0.0999 e. The van der Waals surface area contributed by atoms with E-state index in [1.807, 2.05) is 92.6 Å². The predicted molar refractivity (Wildman–Crippen MR) is 108 cm³/mol. The highest BCUT2D eigenvalue weighted by Crippen LogP contribution is 2.28. The van der Waals surface area contributed by atoms with E-state index in [2.05, 4.69) is 6.07 Å². The molecular formula is C22H22N4. The highest BCUT2D eigenvalue weighted by Gasteiger charge is 2.08. The second kappa shape index (κ2) is 8.55. The molecule has 0 saturated heterocycles. The number of allylic oxidation sites excluding steroid dienone is 3. The molecule has 0 aliphatic rings. The summed E-state index contributed by atoms with van der Waals surface area (Å²) in [5.74, 6) is 0. The van der Waals surface area contributed by atoms with E-state index in [1.54, 1.807) is 6.08 Å². The molecule has 0 fully saturated rings. The molecule has 0 aliphatic carbocycles. The van der Waals surface area contributed by atoms with E-state index in [0.717, 1.165) is 28.1 Å². The minimum atomic E-state index is 0.330. The van der Waals surface area contributed by atoms with E-state index in [9.17, 15) is 5.26 Å². The zero-order valence-electron chi connectivity index (χ0n) is 15.6. The van der Waals surface area contributed by atoms with Gasteiger partial charge >= 0.3 is 0 Å². The molecule has 0 atom stereocenters. The summed E-state index contributed by atoms with van der Waals surface area (Å²) >= 11 is 0. The van der Waals surface area contributed by atoms with Gasteiger partial charge < -0.3 is 9.80 Å². The van der Waals surface area contributed by atoms with E-state index < -0.39 is 0 Å². The van der Waals surface area contributed by atoms with Crippen LogP contribution in [0.1, 0.15) is 11.1 Å². The number of nitrogens with zero attached hydrogens (tertiary/aromatic N) is 4. The minimum Gasteiger partial charge on any atom is -0.378 e. The largest absolute Gasteiger partial charge is 0.378 e. The number of nitriles is 2. The molecule has 0 radical (unpaired) electrons. The van der Waals surface area contributed by atoms with Crippen LogP contribution in [0.15, 0.2) is 66.3 Å². The van der Waals surface area contributed by atoms with Gasteiger partial charge in [-0.15, -0.1) is 0 Å². The number of hydrogen-bond donors (Lipinski definition) is 0. The Labute approximate surface area is 155 Å². The first kappa shape index (κ1) is 18.8. The second-order valence-electron chi connectivity index (χ2n) is 6.28. The lowest BCUT2D eigenvalue weighted by molar-refractivity contribution is 1.13. The average molecular weight is 342 g/mol. The fourth-order valence-corrected chi connectivity index (χ4v) is 2.54. The van der Waals surface area contributed by atoms with Crippen molar-refractivity contribution in [3.8, 4) is 12.1 Å². The molecule has 2 rings (SSSR count). The third-order valence-electron chi connectivity index (χ3n) is 4.04. The van der Waals surface area contributed by atoms with Gasteiger partial charge in [0.25, 0.3) is 0 Å². The molecule has 2 aromatic carbocycles. The van der Waals surface area contributed by atoms with Crippen molar-refractivity contribution in [2.24, 2.45) is 0 Å². The zero-order valence-corrected chi connectivity index (χ0v) is 15.6. The van der Waals surface area contributed by atoms with Gasteiger partial charge in [-0.3, -0.25) is 0 Å². The van der Waals surface area contributed by atoms with E-state index in [0.29, 0.717) is 5.57 Å². The quantitative estimate of drug-likeness (QED) is 0.603. The van der Waals surface area contributed by atoms with Crippen molar-refractivity contribution in [3.05, 3.63) is 77.4 Å². The summed E-state index contributed by atoms with van der Waals surface area (Å²) in [6, 6.07) is 20.3. The van der Waals surface area contributed by atoms with Crippen LogP contribution in [-0.2, 0) is 0 Å². The average Bonchev–Trinajstić information content (AvgIpc) is 2.65. The fraction of sp³-hybridized carbons (Fsp3) is 0.182. The third kappa shape index (κ3) is 4.53. The summed E-state index contributed by atoms with van der Waals surface area (Å²) in [5.41, 5.74) is 5.42. The Morgan fingerprint density at radius 3 is 1.50 bits per heavy atom. The van der Waals surface area contributed by atoms with E-state index in [-0.39, 0.29) is 0 Å². The molecule has 0 spiro atoms. The van der Waals surface area contributed by atoms with Crippen LogP contribution in [0.3, 0.4) is 0 Å². The molecule has 0 saturated carbocycles. The molecule has 4 nitrogen and oxygen atoms in total. The molecule has 0 bridgehead atoms. The third-order valence-corrected chi connectivity index (χ3v) is 4.04. The Balaban J connectivity index is 2.56. The molecule has 4 heteroatoms. The van der Waals surface area contributed by atoms with Gasteiger partial charge in [0.2, 0.25) is 0 Å². The normalized spacial score (nSPS) is 10.5. The van der Waals surface area contributed by atoms with Crippen molar-refractivity contribution in [1.82, 2.24) is 0 Å². The Bertz CT molecular complexity index is 834. The van der Waals surface area contributed by atoms with E-state index in [1.165, 1.54) is 6.08 Å². The zero-order chi connectivity index (χ0) is 19.1. The summed E-state index contributed by atoms with van der Waals surface area (Å²) in [5, 5.41) is 18.2. The SMILES string of the molecule is CN(C)c1ccc(C(=C/C(C#N)=C\C#N)c2ccc(N(C)C)cc2)cc1. The lowest BCUT2D eigenvalue weighted by atomic mass is 9.95. The first-order valence-corrected chi connectivity index (χ1v) is 8.23. The van der Waals surface area contributed by atoms with Crippen molar-refractivity contribution < 1.29 is 0 Å². The standard InChI is InChI=1S/C22H22N4/c1-25(2)20-9-5-18(6-10-20)22(15-17(16-24)13-14-23)19-7-11-21(12-8-19)26(3)4/h5-13,15H,1-4H3/b17-13+. The molecular weight excluding hydrogens is 320 g/mol. The molecule has 0 aliphatic heterocycles. The Kier molecular flexibility index (Phi) is 6.20. The van der Waals surface area contributed by atoms with Gasteiger partial charge in [0.15, 0.2) is 0 Å². The van der Waals surface area contributed by atoms with Crippen molar-refractivity contribution in [1.29, 1.82) is 10.5 Å². The molecule has 2 aromatic rings. The molecule has 0 N–H and O–H groups in total. The monoisotopic (exact) mass is 342 g/mol. The minimum absolute atomic E-state index is 0.330. The van der Waals surface area contributed by atoms with Gasteiger partial charge in [-0.2, -0.15) is 10.5 Å². The molecule has 0 amide bonds. The number of benzene rings is 2. The summed E-state index contributed by atoms with van der Waals surface area (Å²) in [7, 11) is 7.98. The molecule has 0 unspecified atom stereocenters. The summed E-state index contributed by atoms with van der Waals surface area (Å²) in [6.45, 7) is 0. The highest BCUT2D eigenvalue weighted by atomic mass is 15.1. The van der Waals surface area contributed by atoms with Crippen molar-refractivity contribution in [2.75, 3.05) is 38.0 Å². The van der Waals surface area contributed by atoms with Crippen LogP contribution >= 0.6 is 0 Å². The predicted octanol–water partition coefficient (Wildman–Crippen LogP) is 4.22. The first-order valence-electron chi connectivity index (χ1n) is 8.23. The van der Waals surface area contributed by atoms with Gasteiger partial charge in [0.1, 0.15) is 0 Å². The van der Waals surface area contributed by atoms with E-state index in [4.69, 9.17) is 5.26 Å². The molecule has 0 heterocycles. The number of rotatable bonds is 5. The maximum absolute atomic E-state index is 9.31. The van der Waals surface area contributed by atoms with Gasteiger partial charge in [-0.25, -0.2) is 0 Å². The summed E-state index contributed by atoms with van der Waals surface area (Å²) in [6.07, 6.45) is 3.03. The van der Waals surface area contributed by atoms with Crippen LogP contribution in [-0.4, -0.2) is 28.2 Å². The van der Waals surface area contributed by atoms with Crippen LogP contribution in [0.2, 0.25) is 0 Å². The topological polar surface area (TPSA) is 54.1 Å². The van der Waals surface area contributed by atoms with Gasteiger partial charge in [-0.05, 0) is 47.0 Å². The molecule has 26 heavy (non-hydrogen) atoms. The van der Waals surface area contributed by atoms with Gasteiger partial charge in [-0.1, -0.05) is 24.3 Å². The lowest BCUT2D eigenvalue weighted by Crippen LogP contribution is -2.08. The summed E-state index contributed by atoms with van der Waals surface area (Å²) < 4.78 is 0. The van der Waals surface area contributed by atoms with Crippen molar-refractivity contribution in [2.45, 2.75) is 0 Å². The van der Waals surface area contributed by atoms with Crippen molar-refractivity contribution >= 4 is 16.9 Å². The van der Waals surface area contributed by atoms with Crippen LogP contribution in [0, 0.1) is 22.7 Å². The Morgan fingerprint density at radius 2 is 1.19 bits per heavy atom. The van der Waals surface area contributed by atoms with Crippen LogP contribution in [0.4, 0.5) is 11.4 Å². The second-order valence-corrected chi connectivity index (χ2v) is 6.28. The number of hydrogen-bond acceptors (Lipinski definition) is 4. The van der Waals surface area contributed by atoms with Crippen molar-refractivity contribution in [3.63, 3.8) is 0 Å². The Morgan fingerprint density at radius 1 is 0.769 bits per heavy atom. The first-order chi connectivity index (χ1) is 12.5. The van der Waals surface area contributed by atoms with Gasteiger partial charge in [0, 0.05) is 45.6 Å². The van der Waals surface area contributed by atoms with Crippen LogP contribution in [0.25, 0.3) is 5.57 Å². The number of anilines is 2. The van der Waals surface area contributed by atoms with Crippen LogP contribution < -0.4 is 9.80 Å². The lowest BCUT2D eigenvalue weighted by Gasteiger charge is -2.16.